The van der Waals surface area contributed by atoms with Gasteiger partial charge in [-0.15, -0.1) is 0 Å². The van der Waals surface area contributed by atoms with Crippen LogP contribution in [-0.4, -0.2) is 33.6 Å². The molecule has 13 heavy (non-hydrogen) atoms. The van der Waals surface area contributed by atoms with Crippen molar-refractivity contribution in [2.24, 2.45) is 0 Å². The van der Waals surface area contributed by atoms with Gasteiger partial charge in [0.15, 0.2) is 0 Å². The van der Waals surface area contributed by atoms with E-state index in [0.29, 0.717) is 12.1 Å². The fourth-order valence-corrected chi connectivity index (χ4v) is 0.920. The van der Waals surface area contributed by atoms with E-state index in [0.717, 1.165) is 0 Å². The number of aliphatic hydroxyl groups is 1. The molecule has 1 aromatic rings. The average molecular weight is 183 g/mol. The third kappa shape index (κ3) is 2.55. The molecule has 5 heteroatoms. The van der Waals surface area contributed by atoms with Crippen LogP contribution in [0, 0.1) is 0 Å². The zero-order valence-corrected chi connectivity index (χ0v) is 7.45. The van der Waals surface area contributed by atoms with E-state index in [4.69, 9.17) is 5.11 Å². The predicted molar refractivity (Wildman–Crippen MR) is 47.2 cm³/mol. The molecule has 0 saturated carbocycles. The predicted octanol–water partition coefficient (Wildman–Crippen LogP) is -0.0896. The van der Waals surface area contributed by atoms with Gasteiger partial charge in [-0.05, 0) is 6.42 Å². The molecule has 0 radical (unpaired) electrons. The molecule has 5 nitrogen and oxygen atoms in total. The molecule has 1 heterocycles. The maximum atomic E-state index is 11.3. The Morgan fingerprint density at radius 1 is 1.85 bits per heavy atom. The normalized spacial score (nSPS) is 12.5. The quantitative estimate of drug-likeness (QED) is 0.610. The molecule has 3 N–H and O–H groups in total. The number of H-pyrrole nitrogens is 1. The molecular weight excluding hydrogens is 170 g/mol. The van der Waals surface area contributed by atoms with Crippen LogP contribution in [-0.2, 0) is 0 Å². The lowest BCUT2D eigenvalue weighted by Crippen LogP contribution is -2.37. The standard InChI is InChI=1S/C8H13N3O2/c1-2-6(4-12)11-8(13)7-3-9-5-10-7/h3,5-6,12H,2,4H2,1H3,(H,9,10)(H,11,13)/t6-/m1/s1. The first-order valence-corrected chi connectivity index (χ1v) is 4.18. The maximum absolute atomic E-state index is 11.3. The summed E-state index contributed by atoms with van der Waals surface area (Å²) in [6, 6.07) is -0.184. The number of aliphatic hydroxyl groups excluding tert-OH is 1. The summed E-state index contributed by atoms with van der Waals surface area (Å²) in [4.78, 5) is 17.7. The van der Waals surface area contributed by atoms with Crippen molar-refractivity contribution in [3.05, 3.63) is 18.2 Å². The van der Waals surface area contributed by atoms with E-state index in [1.54, 1.807) is 0 Å². The van der Waals surface area contributed by atoms with Crippen molar-refractivity contribution in [3.8, 4) is 0 Å². The van der Waals surface area contributed by atoms with Crippen LogP contribution in [0.1, 0.15) is 23.8 Å². The summed E-state index contributed by atoms with van der Waals surface area (Å²) >= 11 is 0. The van der Waals surface area contributed by atoms with Gasteiger partial charge in [0.1, 0.15) is 5.69 Å². The number of aromatic amines is 1. The molecule has 1 atom stereocenters. The molecule has 0 fully saturated rings. The van der Waals surface area contributed by atoms with E-state index < -0.39 is 0 Å². The Bertz CT molecular complexity index is 254. The van der Waals surface area contributed by atoms with Crippen molar-refractivity contribution >= 4 is 5.91 Å². The number of rotatable bonds is 4. The van der Waals surface area contributed by atoms with E-state index in [1.807, 2.05) is 6.92 Å². The molecular formula is C8H13N3O2. The van der Waals surface area contributed by atoms with E-state index in [1.165, 1.54) is 12.5 Å². The minimum Gasteiger partial charge on any atom is -0.394 e. The molecule has 0 aliphatic rings. The summed E-state index contributed by atoms with van der Waals surface area (Å²) in [5.74, 6) is -0.238. The van der Waals surface area contributed by atoms with Crippen LogP contribution >= 0.6 is 0 Å². The van der Waals surface area contributed by atoms with E-state index >= 15 is 0 Å². The Kier molecular flexibility index (Phi) is 3.45. The first-order chi connectivity index (χ1) is 6.27. The zero-order chi connectivity index (χ0) is 9.68. The van der Waals surface area contributed by atoms with Crippen LogP contribution in [0.4, 0.5) is 0 Å². The highest BCUT2D eigenvalue weighted by molar-refractivity contribution is 5.92. The van der Waals surface area contributed by atoms with Crippen molar-refractivity contribution in [3.63, 3.8) is 0 Å². The third-order valence-corrected chi connectivity index (χ3v) is 1.79. The van der Waals surface area contributed by atoms with Gasteiger partial charge in [-0.3, -0.25) is 4.79 Å². The first-order valence-electron chi connectivity index (χ1n) is 4.18. The summed E-state index contributed by atoms with van der Waals surface area (Å²) in [6.45, 7) is 1.85. The number of imidazole rings is 1. The Balaban J connectivity index is 2.50. The van der Waals surface area contributed by atoms with E-state index in [-0.39, 0.29) is 18.6 Å². The van der Waals surface area contributed by atoms with Gasteiger partial charge in [0.2, 0.25) is 0 Å². The largest absolute Gasteiger partial charge is 0.394 e. The van der Waals surface area contributed by atoms with Crippen molar-refractivity contribution in [2.75, 3.05) is 6.61 Å². The molecule has 72 valence electrons. The fraction of sp³-hybridized carbons (Fsp3) is 0.500. The number of amides is 1. The summed E-state index contributed by atoms with van der Waals surface area (Å²) in [5, 5.41) is 11.5. The van der Waals surface area contributed by atoms with Crippen molar-refractivity contribution in [1.82, 2.24) is 15.3 Å². The minimum atomic E-state index is -0.238. The molecule has 1 aromatic heterocycles. The minimum absolute atomic E-state index is 0.0453. The second-order valence-corrected chi connectivity index (χ2v) is 2.73. The van der Waals surface area contributed by atoms with Crippen molar-refractivity contribution in [1.29, 1.82) is 0 Å². The van der Waals surface area contributed by atoms with Crippen LogP contribution in [0.3, 0.4) is 0 Å². The lowest BCUT2D eigenvalue weighted by molar-refractivity contribution is 0.0910. The Hall–Kier alpha value is -1.36. The maximum Gasteiger partial charge on any atom is 0.269 e. The number of nitrogens with zero attached hydrogens (tertiary/aromatic N) is 1. The van der Waals surface area contributed by atoms with Gasteiger partial charge in [-0.1, -0.05) is 6.92 Å². The molecule has 0 aliphatic heterocycles. The highest BCUT2D eigenvalue weighted by atomic mass is 16.3. The highest BCUT2D eigenvalue weighted by Gasteiger charge is 2.11. The first kappa shape index (κ1) is 9.73. The summed E-state index contributed by atoms with van der Waals surface area (Å²) in [5.41, 5.74) is 0.409. The molecule has 1 rings (SSSR count). The Morgan fingerprint density at radius 3 is 3.08 bits per heavy atom. The topological polar surface area (TPSA) is 78.0 Å². The SMILES string of the molecule is CC[C@H](CO)NC(=O)c1cnc[nH]1. The second-order valence-electron chi connectivity index (χ2n) is 2.73. The van der Waals surface area contributed by atoms with Gasteiger partial charge in [0.25, 0.3) is 5.91 Å². The van der Waals surface area contributed by atoms with Gasteiger partial charge < -0.3 is 15.4 Å². The number of nitrogens with one attached hydrogen (secondary N) is 2. The Morgan fingerprint density at radius 2 is 2.62 bits per heavy atom. The van der Waals surface area contributed by atoms with Crippen LogP contribution in [0.5, 0.6) is 0 Å². The van der Waals surface area contributed by atoms with Gasteiger partial charge in [0.05, 0.1) is 25.2 Å². The Labute approximate surface area is 76.2 Å². The molecule has 1 amide bonds. The molecule has 0 bridgehead atoms. The number of carbonyl (C=O) groups excluding carboxylic acids is 1. The summed E-state index contributed by atoms with van der Waals surface area (Å²) < 4.78 is 0. The fourth-order valence-electron chi connectivity index (χ4n) is 0.920. The van der Waals surface area contributed by atoms with Gasteiger partial charge in [-0.25, -0.2) is 4.98 Å². The third-order valence-electron chi connectivity index (χ3n) is 1.79. The van der Waals surface area contributed by atoms with E-state index in [2.05, 4.69) is 15.3 Å². The van der Waals surface area contributed by atoms with Crippen molar-refractivity contribution < 1.29 is 9.90 Å². The number of hydrogen-bond acceptors (Lipinski definition) is 3. The molecule has 0 unspecified atom stereocenters. The number of aromatic nitrogens is 2. The lowest BCUT2D eigenvalue weighted by atomic mass is 10.2. The monoisotopic (exact) mass is 183 g/mol. The van der Waals surface area contributed by atoms with Crippen LogP contribution < -0.4 is 5.32 Å². The summed E-state index contributed by atoms with van der Waals surface area (Å²) in [7, 11) is 0. The molecule has 0 saturated heterocycles. The molecule has 0 aliphatic carbocycles. The average Bonchev–Trinajstić information content (AvgIpc) is 2.66. The van der Waals surface area contributed by atoms with E-state index in [9.17, 15) is 4.79 Å². The van der Waals surface area contributed by atoms with Gasteiger partial charge >= 0.3 is 0 Å². The molecule has 0 aromatic carbocycles. The van der Waals surface area contributed by atoms with Gasteiger partial charge in [-0.2, -0.15) is 0 Å². The lowest BCUT2D eigenvalue weighted by Gasteiger charge is -2.12. The number of carbonyl (C=O) groups is 1. The van der Waals surface area contributed by atoms with Crippen LogP contribution in [0.25, 0.3) is 0 Å². The van der Waals surface area contributed by atoms with Crippen molar-refractivity contribution in [2.45, 2.75) is 19.4 Å². The smallest absolute Gasteiger partial charge is 0.269 e. The van der Waals surface area contributed by atoms with Crippen LogP contribution in [0.2, 0.25) is 0 Å². The molecule has 0 spiro atoms. The highest BCUT2D eigenvalue weighted by Crippen LogP contribution is 1.94. The second kappa shape index (κ2) is 4.61. The number of hydrogen-bond donors (Lipinski definition) is 3. The van der Waals surface area contributed by atoms with Gasteiger partial charge in [0, 0.05) is 0 Å². The summed E-state index contributed by atoms with van der Waals surface area (Å²) in [6.07, 6.45) is 3.59. The van der Waals surface area contributed by atoms with Crippen LogP contribution in [0.15, 0.2) is 12.5 Å². The zero-order valence-electron chi connectivity index (χ0n) is 7.45.